The number of hydrazone groups is 1. The number of benzene rings is 1. The molecule has 5 nitrogen and oxygen atoms in total. The lowest BCUT2D eigenvalue weighted by Gasteiger charge is -2.14. The molecule has 0 spiro atoms. The van der Waals surface area contributed by atoms with Crippen molar-refractivity contribution < 1.29 is 4.79 Å². The number of amides is 1. The summed E-state index contributed by atoms with van der Waals surface area (Å²) in [6, 6.07) is 15.6. The molecular weight excluding hydrogens is 312 g/mol. The van der Waals surface area contributed by atoms with E-state index < -0.39 is 0 Å². The fourth-order valence-electron chi connectivity index (χ4n) is 3.07. The zero-order chi connectivity index (χ0) is 17.2. The minimum atomic E-state index is 0.0166. The van der Waals surface area contributed by atoms with Crippen LogP contribution in [0.3, 0.4) is 0 Å². The Bertz CT molecular complexity index is 947. The quantitative estimate of drug-likeness (QED) is 0.693. The summed E-state index contributed by atoms with van der Waals surface area (Å²) in [6.07, 6.45) is 4.34. The van der Waals surface area contributed by atoms with Crippen LogP contribution in [0.1, 0.15) is 24.6 Å². The second-order valence-electron chi connectivity index (χ2n) is 6.19. The summed E-state index contributed by atoms with van der Waals surface area (Å²) in [6.45, 7) is 2.58. The van der Waals surface area contributed by atoms with E-state index in [0.717, 1.165) is 28.6 Å². The van der Waals surface area contributed by atoms with Gasteiger partial charge in [-0.15, -0.1) is 0 Å². The smallest absolute Gasteiger partial charge is 0.245 e. The van der Waals surface area contributed by atoms with Crippen molar-refractivity contribution in [2.45, 2.75) is 13.3 Å². The minimum absolute atomic E-state index is 0.0166. The molecule has 0 N–H and O–H groups in total. The number of carbonyl (C=O) groups is 1. The Hall–Kier alpha value is -3.08. The number of pyridine rings is 2. The van der Waals surface area contributed by atoms with E-state index in [4.69, 9.17) is 5.10 Å². The van der Waals surface area contributed by atoms with Crippen LogP contribution in [-0.4, -0.2) is 33.1 Å². The molecule has 2 aromatic heterocycles. The Morgan fingerprint density at radius 1 is 1.08 bits per heavy atom. The van der Waals surface area contributed by atoms with Crippen molar-refractivity contribution in [3.8, 4) is 0 Å². The molecule has 25 heavy (non-hydrogen) atoms. The molecule has 1 atom stereocenters. The van der Waals surface area contributed by atoms with Gasteiger partial charge in [0.15, 0.2) is 0 Å². The van der Waals surface area contributed by atoms with Crippen LogP contribution in [-0.2, 0) is 4.79 Å². The van der Waals surface area contributed by atoms with Crippen LogP contribution >= 0.6 is 0 Å². The van der Waals surface area contributed by atoms with Crippen molar-refractivity contribution in [3.05, 3.63) is 72.2 Å². The lowest BCUT2D eigenvalue weighted by atomic mass is 10.0. The van der Waals surface area contributed by atoms with E-state index >= 15 is 0 Å². The summed E-state index contributed by atoms with van der Waals surface area (Å²) in [5.41, 5.74) is 3.26. The molecule has 1 aromatic carbocycles. The van der Waals surface area contributed by atoms with Crippen LogP contribution in [0.15, 0.2) is 66.0 Å². The molecule has 3 aromatic rings. The number of aromatic nitrogens is 2. The fraction of sp³-hybridized carbons (Fsp3) is 0.200. The van der Waals surface area contributed by atoms with Crippen molar-refractivity contribution >= 4 is 22.5 Å². The van der Waals surface area contributed by atoms with Crippen LogP contribution < -0.4 is 0 Å². The second kappa shape index (κ2) is 6.43. The molecule has 0 aliphatic carbocycles. The maximum Gasteiger partial charge on any atom is 0.245 e. The van der Waals surface area contributed by atoms with E-state index in [1.807, 2.05) is 55.5 Å². The number of para-hydroxylation sites is 1. The number of carbonyl (C=O) groups excluding carboxylic acids is 1. The Morgan fingerprint density at radius 3 is 2.68 bits per heavy atom. The average molecular weight is 330 g/mol. The average Bonchev–Trinajstić information content (AvgIpc) is 2.98. The summed E-state index contributed by atoms with van der Waals surface area (Å²) in [5.74, 6) is 0.0784. The maximum absolute atomic E-state index is 12.4. The SMILES string of the molecule is CC1CCN(N=C(c2ccccn2)c2ccnc3ccccc23)C1=O. The molecule has 1 fully saturated rings. The summed E-state index contributed by atoms with van der Waals surface area (Å²) in [7, 11) is 0. The van der Waals surface area contributed by atoms with Crippen LogP contribution in [0, 0.1) is 5.92 Å². The molecule has 1 aliphatic heterocycles. The van der Waals surface area contributed by atoms with Gasteiger partial charge in [-0.3, -0.25) is 14.8 Å². The van der Waals surface area contributed by atoms with E-state index in [2.05, 4.69) is 9.97 Å². The van der Waals surface area contributed by atoms with Gasteiger partial charge in [-0.1, -0.05) is 31.2 Å². The molecule has 1 aliphatic rings. The molecule has 3 heterocycles. The zero-order valence-corrected chi connectivity index (χ0v) is 14.0. The van der Waals surface area contributed by atoms with Gasteiger partial charge in [0.1, 0.15) is 5.71 Å². The van der Waals surface area contributed by atoms with Gasteiger partial charge < -0.3 is 0 Å². The first kappa shape index (κ1) is 15.4. The fourth-order valence-corrected chi connectivity index (χ4v) is 3.07. The Balaban J connectivity index is 1.90. The van der Waals surface area contributed by atoms with E-state index in [0.29, 0.717) is 12.3 Å². The van der Waals surface area contributed by atoms with Gasteiger partial charge >= 0.3 is 0 Å². The summed E-state index contributed by atoms with van der Waals surface area (Å²) >= 11 is 0. The van der Waals surface area contributed by atoms with Gasteiger partial charge in [-0.25, -0.2) is 5.01 Å². The molecule has 0 saturated carbocycles. The van der Waals surface area contributed by atoms with Gasteiger partial charge in [-0.05, 0) is 30.7 Å². The summed E-state index contributed by atoms with van der Waals surface area (Å²) < 4.78 is 0. The van der Waals surface area contributed by atoms with Crippen molar-refractivity contribution in [1.29, 1.82) is 0 Å². The highest BCUT2D eigenvalue weighted by molar-refractivity contribution is 6.18. The third kappa shape index (κ3) is 2.89. The highest BCUT2D eigenvalue weighted by Crippen LogP contribution is 2.23. The van der Waals surface area contributed by atoms with Gasteiger partial charge in [-0.2, -0.15) is 5.10 Å². The van der Waals surface area contributed by atoms with E-state index in [1.165, 1.54) is 0 Å². The van der Waals surface area contributed by atoms with Gasteiger partial charge in [0.25, 0.3) is 0 Å². The standard InChI is InChI=1S/C20H18N4O/c1-14-10-13-24(20(14)25)23-19(18-8-4-5-11-21-18)16-9-12-22-17-7-3-2-6-15(16)17/h2-9,11-12,14H,10,13H2,1H3. The van der Waals surface area contributed by atoms with Crippen LogP contribution in [0.4, 0.5) is 0 Å². The van der Waals surface area contributed by atoms with E-state index in [-0.39, 0.29) is 11.8 Å². The Morgan fingerprint density at radius 2 is 1.92 bits per heavy atom. The topological polar surface area (TPSA) is 58.5 Å². The molecule has 4 rings (SSSR count). The lowest BCUT2D eigenvalue weighted by molar-refractivity contribution is -0.130. The normalized spacial score (nSPS) is 18.1. The largest absolute Gasteiger partial charge is 0.273 e. The zero-order valence-electron chi connectivity index (χ0n) is 14.0. The van der Waals surface area contributed by atoms with Gasteiger partial charge in [0.2, 0.25) is 5.91 Å². The Kier molecular flexibility index (Phi) is 3.98. The first-order chi connectivity index (χ1) is 12.2. The van der Waals surface area contributed by atoms with Gasteiger partial charge in [0, 0.05) is 35.8 Å². The lowest BCUT2D eigenvalue weighted by Crippen LogP contribution is -2.24. The third-order valence-corrected chi connectivity index (χ3v) is 4.48. The molecule has 1 saturated heterocycles. The molecule has 0 bridgehead atoms. The summed E-state index contributed by atoms with van der Waals surface area (Å²) in [4.78, 5) is 21.2. The van der Waals surface area contributed by atoms with E-state index in [9.17, 15) is 4.79 Å². The minimum Gasteiger partial charge on any atom is -0.273 e. The van der Waals surface area contributed by atoms with Crippen molar-refractivity contribution in [2.24, 2.45) is 11.0 Å². The monoisotopic (exact) mass is 330 g/mol. The second-order valence-corrected chi connectivity index (χ2v) is 6.19. The van der Waals surface area contributed by atoms with Crippen molar-refractivity contribution in [3.63, 3.8) is 0 Å². The van der Waals surface area contributed by atoms with Crippen molar-refractivity contribution in [1.82, 2.24) is 15.0 Å². The predicted octanol–water partition coefficient (Wildman–Crippen LogP) is 3.25. The first-order valence-electron chi connectivity index (χ1n) is 8.39. The molecule has 124 valence electrons. The molecule has 1 amide bonds. The van der Waals surface area contributed by atoms with Gasteiger partial charge in [0.05, 0.1) is 11.2 Å². The first-order valence-corrected chi connectivity index (χ1v) is 8.39. The van der Waals surface area contributed by atoms with E-state index in [1.54, 1.807) is 17.4 Å². The molecule has 1 unspecified atom stereocenters. The van der Waals surface area contributed by atoms with Crippen LogP contribution in [0.2, 0.25) is 0 Å². The number of hydrogen-bond acceptors (Lipinski definition) is 4. The Labute approximate surface area is 146 Å². The highest BCUT2D eigenvalue weighted by atomic mass is 16.2. The molecule has 0 radical (unpaired) electrons. The predicted molar refractivity (Wildman–Crippen MR) is 97.1 cm³/mol. The molecular formula is C20H18N4O. The maximum atomic E-state index is 12.4. The molecule has 5 heteroatoms. The third-order valence-electron chi connectivity index (χ3n) is 4.48. The highest BCUT2D eigenvalue weighted by Gasteiger charge is 2.28. The number of nitrogens with zero attached hydrogens (tertiary/aromatic N) is 4. The van der Waals surface area contributed by atoms with Crippen molar-refractivity contribution in [2.75, 3.05) is 6.54 Å². The number of fused-ring (bicyclic) bond motifs is 1. The number of hydrogen-bond donors (Lipinski definition) is 0. The number of rotatable bonds is 3. The van der Waals surface area contributed by atoms with Crippen LogP contribution in [0.5, 0.6) is 0 Å². The summed E-state index contributed by atoms with van der Waals surface area (Å²) in [5, 5.41) is 7.28. The van der Waals surface area contributed by atoms with Crippen LogP contribution in [0.25, 0.3) is 10.9 Å².